The van der Waals surface area contributed by atoms with Crippen LogP contribution in [-0.4, -0.2) is 15.0 Å². The number of benzene rings is 7. The smallest absolute Gasteiger partial charge is 0.164 e. The molecule has 0 spiro atoms. The van der Waals surface area contributed by atoms with E-state index >= 15 is 0 Å². The Labute approximate surface area is 284 Å². The van der Waals surface area contributed by atoms with Gasteiger partial charge in [-0.3, -0.25) is 0 Å². The van der Waals surface area contributed by atoms with Gasteiger partial charge in [-0.05, 0) is 52.1 Å². The minimum absolute atomic E-state index is 0.610. The standard InChI is InChI=1S/C45H29N3O/c1-4-12-30(13-5-1)32-22-24-34(25-23-32)44-46-43(33-16-8-3-9-17-33)47-45(48-44)37-26-27-41-40(29-37)39-21-11-20-38(42(39)49-41)36-19-10-18-35(28-36)31-14-6-2-7-15-31/h1-29H. The first kappa shape index (κ1) is 28.6. The van der Waals surface area contributed by atoms with Crippen molar-refractivity contribution >= 4 is 21.9 Å². The molecule has 0 amide bonds. The van der Waals surface area contributed by atoms with Crippen LogP contribution in [0.15, 0.2) is 180 Å². The van der Waals surface area contributed by atoms with E-state index in [1.165, 1.54) is 16.7 Å². The molecule has 9 rings (SSSR count). The molecule has 0 radical (unpaired) electrons. The lowest BCUT2D eigenvalue weighted by Gasteiger charge is -2.09. The first-order chi connectivity index (χ1) is 24.3. The Morgan fingerprint density at radius 3 is 1.45 bits per heavy atom. The SMILES string of the molecule is c1ccc(-c2ccc(-c3nc(-c4ccccc4)nc(-c4ccc5oc6c(-c7cccc(-c8ccccc8)c7)cccc6c5c4)n3)cc2)cc1. The number of aromatic nitrogens is 3. The summed E-state index contributed by atoms with van der Waals surface area (Å²) in [5.41, 5.74) is 11.3. The highest BCUT2D eigenvalue weighted by atomic mass is 16.3. The Balaban J connectivity index is 1.15. The largest absolute Gasteiger partial charge is 0.455 e. The molecule has 0 unspecified atom stereocenters. The molecule has 0 saturated heterocycles. The molecule has 2 aromatic heterocycles. The second kappa shape index (κ2) is 12.2. The molecule has 0 fully saturated rings. The van der Waals surface area contributed by atoms with Crippen LogP contribution in [0.1, 0.15) is 0 Å². The molecular weight excluding hydrogens is 599 g/mol. The molecule has 7 aromatic carbocycles. The van der Waals surface area contributed by atoms with Crippen LogP contribution in [0.25, 0.3) is 89.5 Å². The van der Waals surface area contributed by atoms with Gasteiger partial charge in [-0.1, -0.05) is 152 Å². The maximum absolute atomic E-state index is 6.56. The van der Waals surface area contributed by atoms with Crippen molar-refractivity contribution in [2.75, 3.05) is 0 Å². The number of para-hydroxylation sites is 1. The lowest BCUT2D eigenvalue weighted by Crippen LogP contribution is -2.00. The van der Waals surface area contributed by atoms with Gasteiger partial charge in [0.1, 0.15) is 11.2 Å². The van der Waals surface area contributed by atoms with Gasteiger partial charge in [0.15, 0.2) is 17.5 Å². The molecule has 0 aliphatic heterocycles. The summed E-state index contributed by atoms with van der Waals surface area (Å²) in [4.78, 5) is 14.9. The van der Waals surface area contributed by atoms with Crippen LogP contribution < -0.4 is 0 Å². The molecule has 49 heavy (non-hydrogen) atoms. The lowest BCUT2D eigenvalue weighted by atomic mass is 9.97. The first-order valence-corrected chi connectivity index (χ1v) is 16.4. The summed E-state index contributed by atoms with van der Waals surface area (Å²) in [6.07, 6.45) is 0. The highest BCUT2D eigenvalue weighted by Gasteiger charge is 2.17. The Morgan fingerprint density at radius 2 is 0.776 bits per heavy atom. The summed E-state index contributed by atoms with van der Waals surface area (Å²) in [7, 11) is 0. The maximum atomic E-state index is 6.56. The number of rotatable bonds is 6. The topological polar surface area (TPSA) is 51.8 Å². The zero-order valence-electron chi connectivity index (χ0n) is 26.5. The summed E-state index contributed by atoms with van der Waals surface area (Å²) >= 11 is 0. The van der Waals surface area contributed by atoms with Crippen LogP contribution in [0.3, 0.4) is 0 Å². The zero-order valence-corrected chi connectivity index (χ0v) is 26.5. The Morgan fingerprint density at radius 1 is 0.306 bits per heavy atom. The molecule has 4 heteroatoms. The second-order valence-electron chi connectivity index (χ2n) is 12.1. The summed E-state index contributed by atoms with van der Waals surface area (Å²) in [6, 6.07) is 60.5. The van der Waals surface area contributed by atoms with E-state index in [0.717, 1.165) is 55.3 Å². The van der Waals surface area contributed by atoms with Gasteiger partial charge in [-0.2, -0.15) is 0 Å². The molecule has 0 bridgehead atoms. The molecule has 0 N–H and O–H groups in total. The number of nitrogens with zero attached hydrogens (tertiary/aromatic N) is 3. The van der Waals surface area contributed by atoms with Gasteiger partial charge in [0.2, 0.25) is 0 Å². The molecule has 2 heterocycles. The maximum Gasteiger partial charge on any atom is 0.164 e. The number of hydrogen-bond donors (Lipinski definition) is 0. The average molecular weight is 628 g/mol. The van der Waals surface area contributed by atoms with Crippen molar-refractivity contribution in [2.24, 2.45) is 0 Å². The van der Waals surface area contributed by atoms with Crippen LogP contribution in [0.5, 0.6) is 0 Å². The predicted molar refractivity (Wildman–Crippen MR) is 200 cm³/mol. The number of furan rings is 1. The Hall–Kier alpha value is -6.65. The van der Waals surface area contributed by atoms with Crippen molar-refractivity contribution < 1.29 is 4.42 Å². The molecule has 4 nitrogen and oxygen atoms in total. The van der Waals surface area contributed by atoms with Crippen molar-refractivity contribution in [3.8, 4) is 67.5 Å². The van der Waals surface area contributed by atoms with Gasteiger partial charge in [0.05, 0.1) is 0 Å². The van der Waals surface area contributed by atoms with Crippen LogP contribution in [0, 0.1) is 0 Å². The van der Waals surface area contributed by atoms with Crippen LogP contribution in [-0.2, 0) is 0 Å². The zero-order chi connectivity index (χ0) is 32.6. The van der Waals surface area contributed by atoms with E-state index in [-0.39, 0.29) is 0 Å². The summed E-state index contributed by atoms with van der Waals surface area (Å²) < 4.78 is 6.56. The molecule has 0 saturated carbocycles. The normalized spacial score (nSPS) is 11.3. The molecule has 230 valence electrons. The van der Waals surface area contributed by atoms with E-state index in [1.54, 1.807) is 0 Å². The summed E-state index contributed by atoms with van der Waals surface area (Å²) in [5, 5.41) is 2.07. The highest BCUT2D eigenvalue weighted by molar-refractivity contribution is 6.10. The van der Waals surface area contributed by atoms with Gasteiger partial charge >= 0.3 is 0 Å². The molecule has 0 aliphatic carbocycles. The van der Waals surface area contributed by atoms with Gasteiger partial charge in [0, 0.05) is 33.0 Å². The summed E-state index contributed by atoms with van der Waals surface area (Å²) in [6.45, 7) is 0. The molecular formula is C45H29N3O. The van der Waals surface area contributed by atoms with Gasteiger partial charge in [-0.25, -0.2) is 15.0 Å². The summed E-state index contributed by atoms with van der Waals surface area (Å²) in [5.74, 6) is 1.87. The van der Waals surface area contributed by atoms with Gasteiger partial charge in [0.25, 0.3) is 0 Å². The fraction of sp³-hybridized carbons (Fsp3) is 0. The third-order valence-corrected chi connectivity index (χ3v) is 8.95. The quantitative estimate of drug-likeness (QED) is 0.184. The third-order valence-electron chi connectivity index (χ3n) is 8.95. The van der Waals surface area contributed by atoms with E-state index in [4.69, 9.17) is 19.4 Å². The van der Waals surface area contributed by atoms with Crippen molar-refractivity contribution in [3.05, 3.63) is 176 Å². The van der Waals surface area contributed by atoms with E-state index in [2.05, 4.69) is 121 Å². The minimum Gasteiger partial charge on any atom is -0.455 e. The highest BCUT2D eigenvalue weighted by Crippen LogP contribution is 2.38. The Bertz CT molecular complexity index is 2580. The third kappa shape index (κ3) is 5.45. The fourth-order valence-corrected chi connectivity index (χ4v) is 6.45. The van der Waals surface area contributed by atoms with Crippen molar-refractivity contribution in [1.82, 2.24) is 15.0 Å². The van der Waals surface area contributed by atoms with E-state index in [1.807, 2.05) is 54.6 Å². The van der Waals surface area contributed by atoms with E-state index in [9.17, 15) is 0 Å². The van der Waals surface area contributed by atoms with Crippen LogP contribution >= 0.6 is 0 Å². The second-order valence-corrected chi connectivity index (χ2v) is 12.1. The number of fused-ring (bicyclic) bond motifs is 3. The van der Waals surface area contributed by atoms with Gasteiger partial charge < -0.3 is 4.42 Å². The van der Waals surface area contributed by atoms with E-state index in [0.29, 0.717) is 17.5 Å². The molecule has 9 aromatic rings. The molecule has 0 atom stereocenters. The minimum atomic E-state index is 0.610. The van der Waals surface area contributed by atoms with Crippen molar-refractivity contribution in [3.63, 3.8) is 0 Å². The average Bonchev–Trinajstić information content (AvgIpc) is 3.57. The van der Waals surface area contributed by atoms with Crippen molar-refractivity contribution in [2.45, 2.75) is 0 Å². The molecule has 0 aliphatic rings. The lowest BCUT2D eigenvalue weighted by molar-refractivity contribution is 0.670. The van der Waals surface area contributed by atoms with Crippen molar-refractivity contribution in [1.29, 1.82) is 0 Å². The first-order valence-electron chi connectivity index (χ1n) is 16.4. The number of hydrogen-bond acceptors (Lipinski definition) is 4. The van der Waals surface area contributed by atoms with Gasteiger partial charge in [-0.15, -0.1) is 0 Å². The monoisotopic (exact) mass is 627 g/mol. The predicted octanol–water partition coefficient (Wildman–Crippen LogP) is 11.8. The fourth-order valence-electron chi connectivity index (χ4n) is 6.45. The van der Waals surface area contributed by atoms with E-state index < -0.39 is 0 Å². The Kier molecular flexibility index (Phi) is 7.10. The van der Waals surface area contributed by atoms with Crippen LogP contribution in [0.4, 0.5) is 0 Å². The van der Waals surface area contributed by atoms with Crippen LogP contribution in [0.2, 0.25) is 0 Å².